The predicted molar refractivity (Wildman–Crippen MR) is 76.5 cm³/mol. The molecule has 0 saturated carbocycles. The first kappa shape index (κ1) is 14.4. The summed E-state index contributed by atoms with van der Waals surface area (Å²) in [5, 5.41) is 14.4. The molecule has 2 aromatic rings. The first-order chi connectivity index (χ1) is 9.69. The molecular formula is C13H15FN4OS. The number of carbonyl (C=O) groups excluding carboxylic acids is 1. The molecular weight excluding hydrogens is 279 g/mol. The molecule has 20 heavy (non-hydrogen) atoms. The second-order valence-corrected chi connectivity index (χ2v) is 5.05. The van der Waals surface area contributed by atoms with Gasteiger partial charge in [-0.2, -0.15) is 0 Å². The summed E-state index contributed by atoms with van der Waals surface area (Å²) < 4.78 is 12.7. The van der Waals surface area contributed by atoms with E-state index >= 15 is 0 Å². The molecule has 2 rings (SSSR count). The number of nitrogens with zero attached hydrogens (tertiary/aromatic N) is 2. The molecule has 0 unspecified atom stereocenters. The largest absolute Gasteiger partial charge is 0.360 e. The second-order valence-electron chi connectivity index (χ2n) is 4.08. The average Bonchev–Trinajstić information content (AvgIpc) is 2.90. The molecule has 0 atom stereocenters. The number of aromatic nitrogens is 2. The predicted octanol–water partition coefficient (Wildman–Crippen LogP) is 2.08. The molecule has 0 saturated heterocycles. The van der Waals surface area contributed by atoms with E-state index in [-0.39, 0.29) is 11.7 Å². The van der Waals surface area contributed by atoms with Gasteiger partial charge < -0.3 is 10.6 Å². The Morgan fingerprint density at radius 3 is 2.75 bits per heavy atom. The van der Waals surface area contributed by atoms with Gasteiger partial charge in [-0.1, -0.05) is 23.5 Å². The van der Waals surface area contributed by atoms with E-state index in [0.29, 0.717) is 23.1 Å². The Morgan fingerprint density at radius 2 is 2.05 bits per heavy atom. The van der Waals surface area contributed by atoms with E-state index in [0.717, 1.165) is 12.1 Å². The maximum absolute atomic E-state index is 12.7. The van der Waals surface area contributed by atoms with Gasteiger partial charge in [0.05, 0.1) is 0 Å². The lowest BCUT2D eigenvalue weighted by molar-refractivity contribution is 0.0953. The van der Waals surface area contributed by atoms with Crippen molar-refractivity contribution < 1.29 is 9.18 Å². The normalized spacial score (nSPS) is 10.3. The van der Waals surface area contributed by atoms with Gasteiger partial charge in [0.2, 0.25) is 10.1 Å². The number of amides is 1. The van der Waals surface area contributed by atoms with Crippen molar-refractivity contribution >= 4 is 22.4 Å². The molecule has 2 N–H and O–H groups in total. The molecule has 0 aliphatic carbocycles. The summed E-state index contributed by atoms with van der Waals surface area (Å²) in [4.78, 5) is 11.8. The zero-order valence-corrected chi connectivity index (χ0v) is 11.8. The van der Waals surface area contributed by atoms with Crippen molar-refractivity contribution in [2.45, 2.75) is 13.3 Å². The Morgan fingerprint density at radius 1 is 1.30 bits per heavy atom. The van der Waals surface area contributed by atoms with Crippen LogP contribution in [0.2, 0.25) is 0 Å². The Balaban J connectivity index is 1.81. The van der Waals surface area contributed by atoms with Gasteiger partial charge in [0, 0.05) is 13.1 Å². The van der Waals surface area contributed by atoms with Crippen LogP contribution in [-0.2, 0) is 6.42 Å². The van der Waals surface area contributed by atoms with Crippen LogP contribution in [0.25, 0.3) is 0 Å². The van der Waals surface area contributed by atoms with Crippen molar-refractivity contribution in [3.8, 4) is 0 Å². The van der Waals surface area contributed by atoms with Gasteiger partial charge in [-0.15, -0.1) is 10.2 Å². The van der Waals surface area contributed by atoms with Gasteiger partial charge >= 0.3 is 0 Å². The summed E-state index contributed by atoms with van der Waals surface area (Å²) in [5.41, 5.74) is 0.970. The van der Waals surface area contributed by atoms with Crippen molar-refractivity contribution in [2.75, 3.05) is 18.4 Å². The first-order valence-electron chi connectivity index (χ1n) is 6.29. The number of rotatable bonds is 6. The van der Waals surface area contributed by atoms with Gasteiger partial charge in [0.15, 0.2) is 0 Å². The molecule has 106 valence electrons. The van der Waals surface area contributed by atoms with Crippen molar-refractivity contribution in [1.82, 2.24) is 15.5 Å². The number of nitrogens with one attached hydrogen (secondary N) is 2. The number of hydrogen-bond acceptors (Lipinski definition) is 5. The third kappa shape index (κ3) is 3.99. The Labute approximate surface area is 120 Å². The third-order valence-electron chi connectivity index (χ3n) is 2.56. The average molecular weight is 294 g/mol. The Kier molecular flexibility index (Phi) is 5.00. The number of carbonyl (C=O) groups is 1. The van der Waals surface area contributed by atoms with E-state index in [1.54, 1.807) is 12.1 Å². The summed E-state index contributed by atoms with van der Waals surface area (Å²) >= 11 is 1.22. The SMILES string of the molecule is CCNc1nnc(C(=O)NCCc2ccc(F)cc2)s1. The summed E-state index contributed by atoms with van der Waals surface area (Å²) in [6, 6.07) is 6.22. The molecule has 1 aromatic heterocycles. The fourth-order valence-corrected chi connectivity index (χ4v) is 2.31. The molecule has 7 heteroatoms. The highest BCUT2D eigenvalue weighted by molar-refractivity contribution is 7.17. The van der Waals surface area contributed by atoms with E-state index in [1.807, 2.05) is 6.92 Å². The van der Waals surface area contributed by atoms with Gasteiger partial charge in [0.1, 0.15) is 5.82 Å². The standard InChI is InChI=1S/C13H15FN4OS/c1-2-15-13-18-17-12(20-13)11(19)16-8-7-9-3-5-10(14)6-4-9/h3-6H,2,7-8H2,1H3,(H,15,18)(H,16,19). The molecule has 0 bridgehead atoms. The quantitative estimate of drug-likeness (QED) is 0.856. The second kappa shape index (κ2) is 6.95. The number of halogens is 1. The molecule has 1 heterocycles. The van der Waals surface area contributed by atoms with Crippen LogP contribution in [0.1, 0.15) is 22.3 Å². The smallest absolute Gasteiger partial charge is 0.282 e. The molecule has 0 aliphatic heterocycles. The Bertz CT molecular complexity index is 570. The van der Waals surface area contributed by atoms with Crippen LogP contribution >= 0.6 is 11.3 Å². The summed E-state index contributed by atoms with van der Waals surface area (Å²) in [6.07, 6.45) is 0.644. The lowest BCUT2D eigenvalue weighted by atomic mass is 10.1. The summed E-state index contributed by atoms with van der Waals surface area (Å²) in [7, 11) is 0. The van der Waals surface area contributed by atoms with E-state index in [1.165, 1.54) is 23.5 Å². The molecule has 1 amide bonds. The monoisotopic (exact) mass is 294 g/mol. The van der Waals surface area contributed by atoms with Gasteiger partial charge in [-0.3, -0.25) is 4.79 Å². The van der Waals surface area contributed by atoms with Crippen LogP contribution in [-0.4, -0.2) is 29.2 Å². The highest BCUT2D eigenvalue weighted by Crippen LogP contribution is 2.14. The van der Waals surface area contributed by atoms with E-state index in [2.05, 4.69) is 20.8 Å². The van der Waals surface area contributed by atoms with Crippen molar-refractivity contribution in [1.29, 1.82) is 0 Å². The van der Waals surface area contributed by atoms with E-state index in [4.69, 9.17) is 0 Å². The van der Waals surface area contributed by atoms with Gasteiger partial charge in [0.25, 0.3) is 5.91 Å². The minimum absolute atomic E-state index is 0.242. The van der Waals surface area contributed by atoms with Crippen LogP contribution in [0.3, 0.4) is 0 Å². The van der Waals surface area contributed by atoms with Crippen LogP contribution in [0.4, 0.5) is 9.52 Å². The fourth-order valence-electron chi connectivity index (χ4n) is 1.58. The Hall–Kier alpha value is -2.02. The minimum atomic E-state index is -0.261. The van der Waals surface area contributed by atoms with E-state index < -0.39 is 0 Å². The van der Waals surface area contributed by atoms with Crippen LogP contribution in [0, 0.1) is 5.82 Å². The number of benzene rings is 1. The van der Waals surface area contributed by atoms with Crippen molar-refractivity contribution in [3.63, 3.8) is 0 Å². The number of anilines is 1. The number of hydrogen-bond donors (Lipinski definition) is 2. The first-order valence-corrected chi connectivity index (χ1v) is 7.10. The fraction of sp³-hybridized carbons (Fsp3) is 0.308. The zero-order valence-electron chi connectivity index (χ0n) is 11.0. The molecule has 0 aliphatic rings. The molecule has 0 fully saturated rings. The van der Waals surface area contributed by atoms with Gasteiger partial charge in [-0.05, 0) is 31.0 Å². The summed E-state index contributed by atoms with van der Waals surface area (Å²) in [6.45, 7) is 3.16. The lowest BCUT2D eigenvalue weighted by Gasteiger charge is -2.03. The molecule has 0 spiro atoms. The third-order valence-corrected chi connectivity index (χ3v) is 3.44. The maximum atomic E-state index is 12.7. The molecule has 1 aromatic carbocycles. The molecule has 0 radical (unpaired) electrons. The summed E-state index contributed by atoms with van der Waals surface area (Å²) in [5.74, 6) is -0.503. The highest BCUT2D eigenvalue weighted by Gasteiger charge is 2.11. The lowest BCUT2D eigenvalue weighted by Crippen LogP contribution is -2.25. The minimum Gasteiger partial charge on any atom is -0.360 e. The van der Waals surface area contributed by atoms with Crippen LogP contribution in [0.15, 0.2) is 24.3 Å². The zero-order chi connectivity index (χ0) is 14.4. The van der Waals surface area contributed by atoms with Crippen LogP contribution < -0.4 is 10.6 Å². The maximum Gasteiger partial charge on any atom is 0.282 e. The highest BCUT2D eigenvalue weighted by atomic mass is 32.1. The van der Waals surface area contributed by atoms with Crippen molar-refractivity contribution in [3.05, 3.63) is 40.7 Å². The van der Waals surface area contributed by atoms with E-state index in [9.17, 15) is 9.18 Å². The van der Waals surface area contributed by atoms with Gasteiger partial charge in [-0.25, -0.2) is 4.39 Å². The van der Waals surface area contributed by atoms with Crippen LogP contribution in [0.5, 0.6) is 0 Å². The topological polar surface area (TPSA) is 66.9 Å². The van der Waals surface area contributed by atoms with Crippen molar-refractivity contribution in [2.24, 2.45) is 0 Å². The molecule has 5 nitrogen and oxygen atoms in total.